The van der Waals surface area contributed by atoms with E-state index in [1.54, 1.807) is 0 Å². The molecule has 9 rings (SSSR count). The van der Waals surface area contributed by atoms with E-state index < -0.39 is 240 Å². The lowest BCUT2D eigenvalue weighted by molar-refractivity contribution is 1.18. The highest BCUT2D eigenvalue weighted by molar-refractivity contribution is 6.12. The van der Waals surface area contributed by atoms with E-state index in [1.165, 1.54) is 0 Å². The van der Waals surface area contributed by atoms with Gasteiger partial charge in [0, 0.05) is 32.9 Å². The van der Waals surface area contributed by atoms with Crippen LogP contribution in [0.4, 0.5) is 0 Å². The van der Waals surface area contributed by atoms with Crippen LogP contribution >= 0.6 is 0 Å². The second-order valence-electron chi connectivity index (χ2n) is 9.34. The third-order valence-corrected chi connectivity index (χ3v) is 6.94. The van der Waals surface area contributed by atoms with Gasteiger partial charge < -0.3 is 9.13 Å². The highest BCUT2D eigenvalue weighted by Gasteiger charge is 2.16. The van der Waals surface area contributed by atoms with Crippen molar-refractivity contribution in [2.45, 2.75) is 0 Å². The average molecular weight is 588 g/mol. The molecule has 0 aliphatic heterocycles. The topological polar surface area (TPSA) is 9.86 Å². The average Bonchev–Trinajstić information content (AvgIpc) is 3.88. The fraction of sp³-hybridized carbons (Fsp3) is 0. The summed E-state index contributed by atoms with van der Waals surface area (Å²) >= 11 is 0. The summed E-state index contributed by atoms with van der Waals surface area (Å²) in [4.78, 5) is 0. The summed E-state index contributed by atoms with van der Waals surface area (Å²) in [6.07, 6.45) is 0. The minimum atomic E-state index is -1.02. The first-order valence-electron chi connectivity index (χ1n) is 26.4. The Balaban J connectivity index is 1.49. The van der Waals surface area contributed by atoms with Crippen LogP contribution < -0.4 is 0 Å². The standard InChI is InChI=1S/C42H28N2/c1-3-11-29(12-4-1)30-19-23-34(24-20-30)43-40-18-10-8-16-36(40)38-27-31(22-26-41(38)43)32-21-25-37-35-15-7-9-17-39(35)44(42(37)28-32)33-13-5-2-6-14-33/h1-28H/i1D,2D,3D,4D,5D,6D,7D,8D,9D,10D,11D,12D,13D,14D,15D,16D,17D,18D,19D,21D,22D,23D,24D,25D,26D,27D,28D. The Morgan fingerprint density at radius 1 is 0.318 bits per heavy atom. The van der Waals surface area contributed by atoms with Crippen LogP contribution in [0.15, 0.2) is 169 Å². The summed E-state index contributed by atoms with van der Waals surface area (Å²) < 4.78 is 240. The van der Waals surface area contributed by atoms with E-state index in [0.717, 1.165) is 15.2 Å². The molecular formula is C42H28N2. The first-order chi connectivity index (χ1) is 33.1. The first-order valence-corrected chi connectivity index (χ1v) is 12.9. The smallest absolute Gasteiger partial charge is 0.0652 e. The number of benzene rings is 7. The van der Waals surface area contributed by atoms with Gasteiger partial charge in [-0.05, 0) is 76.6 Å². The lowest BCUT2D eigenvalue weighted by Crippen LogP contribution is -1.94. The third-order valence-electron chi connectivity index (χ3n) is 6.94. The number of nitrogens with zero attached hydrogens (tertiary/aromatic N) is 2. The van der Waals surface area contributed by atoms with Crippen LogP contribution in [0.2, 0.25) is 0 Å². The molecule has 0 saturated heterocycles. The minimum absolute atomic E-state index is 0.472. The molecule has 2 aromatic heterocycles. The van der Waals surface area contributed by atoms with Crippen LogP contribution in [0.1, 0.15) is 37.0 Å². The Morgan fingerprint density at radius 2 is 0.841 bits per heavy atom. The molecule has 0 N–H and O–H groups in total. The number of para-hydroxylation sites is 3. The summed E-state index contributed by atoms with van der Waals surface area (Å²) in [5.41, 5.74) is -6.45. The lowest BCUT2D eigenvalue weighted by atomic mass is 10.0. The molecule has 0 amide bonds. The van der Waals surface area contributed by atoms with E-state index in [9.17, 15) is 11.0 Å². The van der Waals surface area contributed by atoms with Crippen LogP contribution in [-0.2, 0) is 0 Å². The Labute approximate surface area is 293 Å². The van der Waals surface area contributed by atoms with Gasteiger partial charge in [-0.1, -0.05) is 115 Å². The summed E-state index contributed by atoms with van der Waals surface area (Å²) in [6, 6.07) is -22.5. The summed E-state index contributed by atoms with van der Waals surface area (Å²) in [5, 5.41) is -2.15. The van der Waals surface area contributed by atoms with E-state index in [0.29, 0.717) is 0 Å². The Hall–Kier alpha value is -5.86. The van der Waals surface area contributed by atoms with E-state index in [4.69, 9.17) is 26.0 Å². The number of hydrogen-bond donors (Lipinski definition) is 0. The largest absolute Gasteiger partial charge is 0.309 e. The summed E-state index contributed by atoms with van der Waals surface area (Å²) in [7, 11) is 0. The van der Waals surface area contributed by atoms with Crippen LogP contribution in [0.25, 0.3) is 77.2 Å². The van der Waals surface area contributed by atoms with Gasteiger partial charge in [-0.15, -0.1) is 0 Å². The van der Waals surface area contributed by atoms with Crippen molar-refractivity contribution in [3.63, 3.8) is 0 Å². The molecule has 0 saturated carbocycles. The van der Waals surface area contributed by atoms with E-state index >= 15 is 0 Å². The maximum atomic E-state index is 9.77. The molecule has 2 nitrogen and oxygen atoms in total. The van der Waals surface area contributed by atoms with Crippen molar-refractivity contribution in [2.75, 3.05) is 0 Å². The van der Waals surface area contributed by atoms with Crippen LogP contribution in [-0.4, -0.2) is 9.13 Å². The fourth-order valence-corrected chi connectivity index (χ4v) is 5.06. The van der Waals surface area contributed by atoms with Crippen LogP contribution in [0.5, 0.6) is 0 Å². The van der Waals surface area contributed by atoms with Crippen molar-refractivity contribution in [1.29, 1.82) is 0 Å². The molecular weight excluding hydrogens is 532 g/mol. The molecule has 44 heavy (non-hydrogen) atoms. The predicted molar refractivity (Wildman–Crippen MR) is 186 cm³/mol. The normalized spacial score (nSPS) is 20.2. The molecule has 0 bridgehead atoms. The van der Waals surface area contributed by atoms with Gasteiger partial charge in [0.1, 0.15) is 0 Å². The molecule has 2 heterocycles. The van der Waals surface area contributed by atoms with Crippen molar-refractivity contribution in [1.82, 2.24) is 9.13 Å². The Morgan fingerprint density at radius 3 is 1.61 bits per heavy atom. The highest BCUT2D eigenvalue weighted by Crippen LogP contribution is 2.38. The maximum Gasteiger partial charge on any atom is 0.0652 e. The first kappa shape index (κ1) is 9.83. The lowest BCUT2D eigenvalue weighted by Gasteiger charge is -2.10. The summed E-state index contributed by atoms with van der Waals surface area (Å²) in [5.74, 6) is 0. The van der Waals surface area contributed by atoms with E-state index in [-0.39, 0.29) is 0 Å². The molecule has 0 aliphatic rings. The highest BCUT2D eigenvalue weighted by atomic mass is 15.0. The van der Waals surface area contributed by atoms with Crippen molar-refractivity contribution >= 4 is 43.6 Å². The van der Waals surface area contributed by atoms with Crippen molar-refractivity contribution < 1.29 is 37.0 Å². The predicted octanol–water partition coefficient (Wildman–Crippen LogP) is 11.2. The van der Waals surface area contributed by atoms with Gasteiger partial charge >= 0.3 is 0 Å². The Kier molecular flexibility index (Phi) is 2.20. The summed E-state index contributed by atoms with van der Waals surface area (Å²) in [6.45, 7) is 0. The molecule has 0 unspecified atom stereocenters. The van der Waals surface area contributed by atoms with Gasteiger partial charge in [0.25, 0.3) is 0 Å². The molecule has 0 atom stereocenters. The fourth-order valence-electron chi connectivity index (χ4n) is 5.06. The van der Waals surface area contributed by atoms with Crippen molar-refractivity contribution in [2.24, 2.45) is 0 Å². The van der Waals surface area contributed by atoms with Gasteiger partial charge in [-0.3, -0.25) is 0 Å². The zero-order chi connectivity index (χ0) is 52.5. The maximum absolute atomic E-state index is 9.77. The Bertz CT molecular complexity index is 3960. The zero-order valence-electron chi connectivity index (χ0n) is 49.0. The second-order valence-corrected chi connectivity index (χ2v) is 9.34. The van der Waals surface area contributed by atoms with Gasteiger partial charge in [-0.2, -0.15) is 0 Å². The van der Waals surface area contributed by atoms with Crippen molar-refractivity contribution in [3.8, 4) is 33.6 Å². The molecule has 7 aromatic carbocycles. The molecule has 0 spiro atoms. The molecule has 0 aliphatic carbocycles. The van der Waals surface area contributed by atoms with Crippen LogP contribution in [0.3, 0.4) is 0 Å². The van der Waals surface area contributed by atoms with Gasteiger partial charge in [0.2, 0.25) is 0 Å². The van der Waals surface area contributed by atoms with Crippen molar-refractivity contribution in [3.05, 3.63) is 169 Å². The minimum Gasteiger partial charge on any atom is -0.309 e. The molecule has 0 fully saturated rings. The number of hydrogen-bond acceptors (Lipinski definition) is 0. The second kappa shape index (κ2) is 9.86. The third kappa shape index (κ3) is 3.82. The van der Waals surface area contributed by atoms with Gasteiger partial charge in [-0.25, -0.2) is 0 Å². The zero-order valence-corrected chi connectivity index (χ0v) is 22.0. The SMILES string of the molecule is [2H]c1cc(-c2c([2H])c([2H])c([2H])c([2H])c2[2H])c([2H])c([2H])c1-n1c2c([2H])c([2H])c([2H])c([2H])c2c2c([2H])c(-c3c([2H])c([2H])c4c5c([2H])c([2H])c([2H])c([2H])c5n(-c5c([2H])c([2H])c([2H])c([2H])c5[2H])c4c3[2H])c([2H])c([2H])c21. The van der Waals surface area contributed by atoms with Gasteiger partial charge in [0.15, 0.2) is 0 Å². The molecule has 206 valence electrons. The van der Waals surface area contributed by atoms with Gasteiger partial charge in [0.05, 0.1) is 59.1 Å². The van der Waals surface area contributed by atoms with E-state index in [2.05, 4.69) is 0 Å². The number of rotatable bonds is 4. The number of aromatic nitrogens is 2. The van der Waals surface area contributed by atoms with E-state index in [1.807, 2.05) is 0 Å². The van der Waals surface area contributed by atoms with Crippen LogP contribution in [0, 0.1) is 0 Å². The molecule has 0 radical (unpaired) electrons. The quantitative estimate of drug-likeness (QED) is 0.194. The monoisotopic (exact) mass is 587 g/mol. The number of fused-ring (bicyclic) bond motifs is 6. The molecule has 9 aromatic rings. The molecule has 2 heteroatoms.